The molecular weight excluding hydrogens is 394 g/mol. The van der Waals surface area contributed by atoms with E-state index in [0.717, 1.165) is 10.8 Å². The van der Waals surface area contributed by atoms with Crippen molar-refractivity contribution in [1.29, 1.82) is 5.26 Å². The lowest BCUT2D eigenvalue weighted by molar-refractivity contribution is -0.419. The first kappa shape index (κ1) is 32.4. The van der Waals surface area contributed by atoms with Crippen LogP contribution in [-0.2, 0) is 0 Å². The average Bonchev–Trinajstić information content (AvgIpc) is 2.85. The Morgan fingerprint density at radius 1 is 1.06 bits per heavy atom. The topological polar surface area (TPSA) is 133 Å². The van der Waals surface area contributed by atoms with Crippen molar-refractivity contribution in [2.45, 2.75) is 47.6 Å². The molecule has 2 aromatic carbocycles. The fraction of sp³-hybridized carbons (Fsp3) is 0.292. The highest BCUT2D eigenvalue weighted by Crippen LogP contribution is 2.23. The summed E-state index contributed by atoms with van der Waals surface area (Å²) in [5.41, 5.74) is 0.964. The van der Waals surface area contributed by atoms with Gasteiger partial charge in [0.05, 0.1) is 22.7 Å². The molecule has 0 heterocycles. The molecule has 2 rings (SSSR count). The van der Waals surface area contributed by atoms with Gasteiger partial charge < -0.3 is 10.3 Å². The molecule has 4 N–H and O–H groups in total. The summed E-state index contributed by atoms with van der Waals surface area (Å²) in [6.07, 6.45) is 1.83. The maximum atomic E-state index is 10.6. The Bertz CT molecular complexity index is 884. The van der Waals surface area contributed by atoms with Crippen LogP contribution in [-0.4, -0.2) is 15.2 Å². The molecule has 0 saturated carbocycles. The normalized spacial score (nSPS) is 9.68. The number of nitrogens with two attached hydrogens (primary N) is 1. The number of hydrogen-bond donors (Lipinski definition) is 3. The van der Waals surface area contributed by atoms with Gasteiger partial charge in [-0.2, -0.15) is 5.26 Å². The van der Waals surface area contributed by atoms with Crippen LogP contribution < -0.4 is 5.90 Å². The van der Waals surface area contributed by atoms with E-state index >= 15 is 0 Å². The van der Waals surface area contributed by atoms with Crippen molar-refractivity contribution >= 4 is 10.8 Å². The molecule has 0 aliphatic carbocycles. The summed E-state index contributed by atoms with van der Waals surface area (Å²) in [5, 5.41) is 38.0. The molecule has 7 heteroatoms. The van der Waals surface area contributed by atoms with Crippen LogP contribution in [0.25, 0.3) is 10.8 Å². The lowest BCUT2D eigenvalue weighted by Crippen LogP contribution is -1.99. The number of hydrogen-bond acceptors (Lipinski definition) is 6. The van der Waals surface area contributed by atoms with E-state index in [1.165, 1.54) is 12.2 Å². The average molecular weight is 430 g/mol. The first-order chi connectivity index (χ1) is 14.9. The van der Waals surface area contributed by atoms with Crippen LogP contribution in [0.1, 0.15) is 58.8 Å². The molecular formula is C24H35N3O4. The van der Waals surface area contributed by atoms with Crippen LogP contribution >= 0.6 is 0 Å². The number of nitrogens with zero attached hydrogens (tertiary/aromatic N) is 2. The molecule has 0 bridgehead atoms. The highest BCUT2D eigenvalue weighted by molar-refractivity contribution is 5.84. The fourth-order valence-electron chi connectivity index (χ4n) is 2.05. The first-order valence-electron chi connectivity index (χ1n) is 10.0. The summed E-state index contributed by atoms with van der Waals surface area (Å²) in [6.45, 7) is 18.8. The minimum Gasteiger partial charge on any atom is -0.384 e. The molecule has 0 aromatic heterocycles. The number of rotatable bonds is 5. The molecule has 0 aliphatic heterocycles. The van der Waals surface area contributed by atoms with Gasteiger partial charge in [-0.15, -0.1) is 0 Å². The van der Waals surface area contributed by atoms with Crippen LogP contribution in [0.5, 0.6) is 0 Å². The zero-order valence-corrected chi connectivity index (χ0v) is 19.3. The SMILES string of the molecule is C=C(/C=C/C(O)c1ccc2ccc(C#N)cc2c1)C(=C)[N+](=O)[O-].CC.CC.CC.NO. The Morgan fingerprint density at radius 2 is 1.58 bits per heavy atom. The summed E-state index contributed by atoms with van der Waals surface area (Å²) in [4.78, 5) is 9.96. The molecule has 2 aromatic rings. The summed E-state index contributed by atoms with van der Waals surface area (Å²) in [5.74, 6) is 3.50. The molecule has 0 spiro atoms. The number of allylic oxidation sites excluding steroid dienone is 1. The number of aliphatic hydroxyl groups excluding tert-OH is 1. The molecule has 0 radical (unpaired) electrons. The number of benzene rings is 2. The Balaban J connectivity index is -0.000000879. The zero-order valence-electron chi connectivity index (χ0n) is 19.3. The van der Waals surface area contributed by atoms with Gasteiger partial charge in [0, 0.05) is 5.57 Å². The van der Waals surface area contributed by atoms with E-state index in [1.54, 1.807) is 24.3 Å². The maximum Gasteiger partial charge on any atom is 0.268 e. The molecule has 1 unspecified atom stereocenters. The van der Waals surface area contributed by atoms with Gasteiger partial charge in [-0.25, -0.2) is 5.90 Å². The van der Waals surface area contributed by atoms with Gasteiger partial charge in [0.1, 0.15) is 0 Å². The number of nitro groups is 1. The Hall–Kier alpha value is -3.31. The Labute approximate surface area is 185 Å². The van der Waals surface area contributed by atoms with E-state index in [0.29, 0.717) is 11.1 Å². The summed E-state index contributed by atoms with van der Waals surface area (Å²) in [6, 6.07) is 12.7. The molecule has 1 atom stereocenters. The highest BCUT2D eigenvalue weighted by atomic mass is 16.6. The quantitative estimate of drug-likeness (QED) is 0.300. The second-order valence-electron chi connectivity index (χ2n) is 4.97. The van der Waals surface area contributed by atoms with Gasteiger partial charge in [-0.3, -0.25) is 10.1 Å². The van der Waals surface area contributed by atoms with E-state index in [1.807, 2.05) is 53.7 Å². The third-order valence-electron chi connectivity index (χ3n) is 3.41. The van der Waals surface area contributed by atoms with Crippen molar-refractivity contribution in [3.05, 3.63) is 94.2 Å². The minimum atomic E-state index is -0.943. The second kappa shape index (κ2) is 20.0. The summed E-state index contributed by atoms with van der Waals surface area (Å²) >= 11 is 0. The smallest absolute Gasteiger partial charge is 0.268 e. The number of aliphatic hydroxyl groups is 1. The standard InChI is InChI=1S/C18H14N2O3.3C2H6.H3NO/c1-12(13(2)20(22)23)3-8-18(21)16-7-6-15-5-4-14(11-19)9-17(15)10-16;4*1-2/h3-10,18,21H,1-2H2;3*1-2H3;2H,1H2/b8-3+;;;;. The molecule has 0 amide bonds. The monoisotopic (exact) mass is 429 g/mol. The Morgan fingerprint density at radius 3 is 2.06 bits per heavy atom. The predicted octanol–water partition coefficient (Wildman–Crippen LogP) is 6.06. The Kier molecular flexibility index (Phi) is 20.9. The predicted molar refractivity (Wildman–Crippen MR) is 128 cm³/mol. The van der Waals surface area contributed by atoms with Crippen molar-refractivity contribution in [2.75, 3.05) is 0 Å². The zero-order chi connectivity index (χ0) is 25.0. The van der Waals surface area contributed by atoms with Gasteiger partial charge in [0.25, 0.3) is 5.70 Å². The van der Waals surface area contributed by atoms with Crippen molar-refractivity contribution < 1.29 is 15.2 Å². The van der Waals surface area contributed by atoms with Crippen molar-refractivity contribution in [1.82, 2.24) is 0 Å². The lowest BCUT2D eigenvalue weighted by atomic mass is 10.0. The number of fused-ring (bicyclic) bond motifs is 1. The molecule has 0 saturated heterocycles. The van der Waals surface area contributed by atoms with Crippen molar-refractivity contribution in [2.24, 2.45) is 5.90 Å². The van der Waals surface area contributed by atoms with Crippen LogP contribution in [0.3, 0.4) is 0 Å². The maximum absolute atomic E-state index is 10.6. The molecule has 31 heavy (non-hydrogen) atoms. The molecule has 0 fully saturated rings. The van der Waals surface area contributed by atoms with E-state index < -0.39 is 11.0 Å². The van der Waals surface area contributed by atoms with E-state index in [-0.39, 0.29) is 11.3 Å². The first-order valence-corrected chi connectivity index (χ1v) is 10.0. The largest absolute Gasteiger partial charge is 0.384 e. The molecule has 170 valence electrons. The van der Waals surface area contributed by atoms with Crippen molar-refractivity contribution in [3.63, 3.8) is 0 Å². The van der Waals surface area contributed by atoms with Crippen LogP contribution in [0.2, 0.25) is 0 Å². The van der Waals surface area contributed by atoms with E-state index in [4.69, 9.17) is 10.5 Å². The fourth-order valence-corrected chi connectivity index (χ4v) is 2.05. The van der Waals surface area contributed by atoms with Gasteiger partial charge in [-0.05, 0) is 47.2 Å². The van der Waals surface area contributed by atoms with Crippen molar-refractivity contribution in [3.8, 4) is 6.07 Å². The highest BCUT2D eigenvalue weighted by Gasteiger charge is 2.10. The van der Waals surface area contributed by atoms with Crippen LogP contribution in [0, 0.1) is 21.4 Å². The second-order valence-corrected chi connectivity index (χ2v) is 4.97. The number of nitriles is 1. The van der Waals surface area contributed by atoms with Gasteiger partial charge in [0.15, 0.2) is 0 Å². The van der Waals surface area contributed by atoms with Crippen LogP contribution in [0.4, 0.5) is 0 Å². The summed E-state index contributed by atoms with van der Waals surface area (Å²) in [7, 11) is 0. The lowest BCUT2D eigenvalue weighted by Gasteiger charge is -2.08. The molecule has 0 aliphatic rings. The minimum absolute atomic E-state index is 0.126. The molecule has 7 nitrogen and oxygen atoms in total. The third kappa shape index (κ3) is 11.5. The van der Waals surface area contributed by atoms with E-state index in [2.05, 4.69) is 25.1 Å². The van der Waals surface area contributed by atoms with E-state index in [9.17, 15) is 15.2 Å². The summed E-state index contributed by atoms with van der Waals surface area (Å²) < 4.78 is 0. The van der Waals surface area contributed by atoms with Crippen LogP contribution in [0.15, 0.2) is 73.0 Å². The van der Waals surface area contributed by atoms with Gasteiger partial charge in [-0.1, -0.05) is 72.4 Å². The van der Waals surface area contributed by atoms with Gasteiger partial charge >= 0.3 is 0 Å². The third-order valence-corrected chi connectivity index (χ3v) is 3.41. The van der Waals surface area contributed by atoms with Gasteiger partial charge in [0.2, 0.25) is 0 Å².